The van der Waals surface area contributed by atoms with Crippen molar-refractivity contribution in [1.82, 2.24) is 0 Å². The molecule has 0 amide bonds. The second kappa shape index (κ2) is 9.58. The summed E-state index contributed by atoms with van der Waals surface area (Å²) in [6.07, 6.45) is 13.1. The summed E-state index contributed by atoms with van der Waals surface area (Å²) in [7, 11) is 0. The van der Waals surface area contributed by atoms with Crippen LogP contribution in [-0.4, -0.2) is 0 Å². The van der Waals surface area contributed by atoms with Crippen molar-refractivity contribution < 1.29 is 13.2 Å². The molecule has 162 valence electrons. The highest BCUT2D eigenvalue weighted by Gasteiger charge is 2.31. The van der Waals surface area contributed by atoms with Gasteiger partial charge in [0.25, 0.3) is 0 Å². The first-order valence-corrected chi connectivity index (χ1v) is 11.8. The predicted molar refractivity (Wildman–Crippen MR) is 117 cm³/mol. The van der Waals surface area contributed by atoms with E-state index in [1.54, 1.807) is 12.1 Å². The van der Waals surface area contributed by atoms with E-state index in [0.717, 1.165) is 48.3 Å². The van der Waals surface area contributed by atoms with Crippen LogP contribution in [0.3, 0.4) is 0 Å². The molecule has 0 bridgehead atoms. The highest BCUT2D eigenvalue weighted by atomic mass is 19.2. The molecule has 2 fully saturated rings. The second-order valence-electron chi connectivity index (χ2n) is 9.55. The Morgan fingerprint density at radius 1 is 0.700 bits per heavy atom. The van der Waals surface area contributed by atoms with Crippen LogP contribution in [0.1, 0.15) is 82.6 Å². The minimum Gasteiger partial charge on any atom is -0.206 e. The molecule has 30 heavy (non-hydrogen) atoms. The SMILES string of the molecule is CCCC1CCC(C2CCC(c3ccc(-c4ccc(F)c(F)c4)c(F)c3)CC2)CC1. The summed E-state index contributed by atoms with van der Waals surface area (Å²) in [4.78, 5) is 0. The van der Waals surface area contributed by atoms with Crippen molar-refractivity contribution in [3.05, 3.63) is 59.4 Å². The molecule has 0 spiro atoms. The minimum absolute atomic E-state index is 0.329. The molecule has 0 N–H and O–H groups in total. The van der Waals surface area contributed by atoms with E-state index in [9.17, 15) is 13.2 Å². The first-order valence-electron chi connectivity index (χ1n) is 11.8. The molecular formula is C27H33F3. The lowest BCUT2D eigenvalue weighted by Crippen LogP contribution is -2.25. The molecule has 2 aromatic rings. The maximum absolute atomic E-state index is 14.8. The molecule has 0 radical (unpaired) electrons. The van der Waals surface area contributed by atoms with Gasteiger partial charge in [-0.15, -0.1) is 0 Å². The Morgan fingerprint density at radius 3 is 1.97 bits per heavy atom. The summed E-state index contributed by atoms with van der Waals surface area (Å²) >= 11 is 0. The number of rotatable bonds is 5. The summed E-state index contributed by atoms with van der Waals surface area (Å²) in [5, 5.41) is 0. The Balaban J connectivity index is 1.36. The average molecular weight is 415 g/mol. The normalized spacial score (nSPS) is 27.2. The molecule has 0 nitrogen and oxygen atoms in total. The van der Waals surface area contributed by atoms with E-state index in [4.69, 9.17) is 0 Å². The van der Waals surface area contributed by atoms with Gasteiger partial charge in [0.05, 0.1) is 0 Å². The number of hydrogen-bond acceptors (Lipinski definition) is 0. The van der Waals surface area contributed by atoms with Gasteiger partial charge in [0, 0.05) is 5.56 Å². The molecule has 0 aliphatic heterocycles. The molecule has 2 saturated carbocycles. The Kier molecular flexibility index (Phi) is 6.85. The molecule has 0 heterocycles. The van der Waals surface area contributed by atoms with Crippen molar-refractivity contribution in [3.63, 3.8) is 0 Å². The molecule has 0 unspecified atom stereocenters. The summed E-state index contributed by atoms with van der Waals surface area (Å²) in [6, 6.07) is 8.84. The zero-order chi connectivity index (χ0) is 21.1. The van der Waals surface area contributed by atoms with Crippen LogP contribution in [0, 0.1) is 35.2 Å². The van der Waals surface area contributed by atoms with Gasteiger partial charge in [0.2, 0.25) is 0 Å². The minimum atomic E-state index is -0.946. The Hall–Kier alpha value is -1.77. The smallest absolute Gasteiger partial charge is 0.159 e. The van der Waals surface area contributed by atoms with Gasteiger partial charge in [-0.05, 0) is 91.5 Å². The first kappa shape index (κ1) is 21.5. The number of hydrogen-bond donors (Lipinski definition) is 0. The zero-order valence-electron chi connectivity index (χ0n) is 18.0. The first-order chi connectivity index (χ1) is 14.5. The van der Waals surface area contributed by atoms with Crippen LogP contribution in [0.4, 0.5) is 13.2 Å². The van der Waals surface area contributed by atoms with Gasteiger partial charge in [-0.3, -0.25) is 0 Å². The molecule has 0 atom stereocenters. The average Bonchev–Trinajstić information content (AvgIpc) is 2.77. The maximum atomic E-state index is 14.8. The third kappa shape index (κ3) is 4.76. The van der Waals surface area contributed by atoms with Gasteiger partial charge < -0.3 is 0 Å². The summed E-state index contributed by atoms with van der Waals surface area (Å²) in [5.74, 6) is 0.894. The fourth-order valence-corrected chi connectivity index (χ4v) is 5.96. The van der Waals surface area contributed by atoms with Gasteiger partial charge in [0.1, 0.15) is 5.82 Å². The molecule has 3 heteroatoms. The third-order valence-corrected chi connectivity index (χ3v) is 7.72. The molecule has 2 aromatic carbocycles. The van der Waals surface area contributed by atoms with Crippen molar-refractivity contribution >= 4 is 0 Å². The molecule has 0 saturated heterocycles. The molecule has 4 rings (SSSR count). The number of benzene rings is 2. The lowest BCUT2D eigenvalue weighted by atomic mass is 9.68. The summed E-state index contributed by atoms with van der Waals surface area (Å²) in [5.41, 5.74) is 1.75. The predicted octanol–water partition coefficient (Wildman–Crippen LogP) is 8.65. The van der Waals surface area contributed by atoms with Crippen LogP contribution in [0.2, 0.25) is 0 Å². The largest absolute Gasteiger partial charge is 0.206 e. The fourth-order valence-electron chi connectivity index (χ4n) is 5.96. The second-order valence-corrected chi connectivity index (χ2v) is 9.55. The maximum Gasteiger partial charge on any atom is 0.159 e. The van der Waals surface area contributed by atoms with Crippen molar-refractivity contribution in [2.45, 2.75) is 77.0 Å². The summed E-state index contributed by atoms with van der Waals surface area (Å²) in [6.45, 7) is 2.29. The van der Waals surface area contributed by atoms with Crippen molar-refractivity contribution in [2.75, 3.05) is 0 Å². The quantitative estimate of drug-likeness (QED) is 0.459. The van der Waals surface area contributed by atoms with Gasteiger partial charge >= 0.3 is 0 Å². The highest BCUT2D eigenvalue weighted by molar-refractivity contribution is 5.64. The van der Waals surface area contributed by atoms with Gasteiger partial charge in [-0.2, -0.15) is 0 Å². The van der Waals surface area contributed by atoms with Crippen molar-refractivity contribution in [3.8, 4) is 11.1 Å². The Labute approximate surface area is 178 Å². The lowest BCUT2D eigenvalue weighted by molar-refractivity contribution is 0.156. The number of halogens is 3. The van der Waals surface area contributed by atoms with Crippen LogP contribution < -0.4 is 0 Å². The van der Waals surface area contributed by atoms with Crippen molar-refractivity contribution in [1.29, 1.82) is 0 Å². The lowest BCUT2D eigenvalue weighted by Gasteiger charge is -2.38. The fraction of sp³-hybridized carbons (Fsp3) is 0.556. The summed E-state index contributed by atoms with van der Waals surface area (Å²) < 4.78 is 41.5. The van der Waals surface area contributed by atoms with Crippen LogP contribution in [0.25, 0.3) is 11.1 Å². The van der Waals surface area contributed by atoms with Crippen LogP contribution in [0.15, 0.2) is 36.4 Å². The topological polar surface area (TPSA) is 0 Å². The monoisotopic (exact) mass is 414 g/mol. The molecule has 2 aliphatic carbocycles. The van der Waals surface area contributed by atoms with Crippen LogP contribution in [0.5, 0.6) is 0 Å². The Bertz CT molecular complexity index is 843. The van der Waals surface area contributed by atoms with E-state index >= 15 is 0 Å². The van der Waals surface area contributed by atoms with Gasteiger partial charge in [-0.1, -0.05) is 50.8 Å². The standard InChI is InChI=1S/C27H33F3/c1-2-3-18-4-6-19(7-5-18)20-8-10-21(11-9-20)22-12-14-24(26(29)16-22)23-13-15-25(28)27(30)17-23/h12-21H,2-11H2,1H3. The van der Waals surface area contributed by atoms with Crippen LogP contribution >= 0.6 is 0 Å². The molecular weight excluding hydrogens is 381 g/mol. The van der Waals surface area contributed by atoms with Gasteiger partial charge in [-0.25, -0.2) is 13.2 Å². The van der Waals surface area contributed by atoms with Crippen molar-refractivity contribution in [2.24, 2.45) is 17.8 Å². The molecule has 2 aliphatic rings. The van der Waals surface area contributed by atoms with E-state index in [0.29, 0.717) is 17.0 Å². The Morgan fingerprint density at radius 2 is 1.37 bits per heavy atom. The van der Waals surface area contributed by atoms with E-state index in [2.05, 4.69) is 6.92 Å². The van der Waals surface area contributed by atoms with Gasteiger partial charge in [0.15, 0.2) is 11.6 Å². The van der Waals surface area contributed by atoms with E-state index in [1.165, 1.54) is 57.4 Å². The molecule has 0 aromatic heterocycles. The van der Waals surface area contributed by atoms with E-state index in [1.807, 2.05) is 6.07 Å². The van der Waals surface area contributed by atoms with E-state index < -0.39 is 11.6 Å². The third-order valence-electron chi connectivity index (χ3n) is 7.72. The van der Waals surface area contributed by atoms with E-state index in [-0.39, 0.29) is 5.82 Å². The van der Waals surface area contributed by atoms with Crippen LogP contribution in [-0.2, 0) is 0 Å². The highest BCUT2D eigenvalue weighted by Crippen LogP contribution is 2.44. The zero-order valence-corrected chi connectivity index (χ0v) is 18.0.